The number of piperidine rings is 1. The molecule has 1 saturated heterocycles. The Balaban J connectivity index is 1.14. The zero-order valence-electron chi connectivity index (χ0n) is 19.7. The number of benzene rings is 3. The Bertz CT molecular complexity index is 1270. The molecule has 1 aromatic heterocycles. The maximum atomic E-state index is 13.0. The van der Waals surface area contributed by atoms with Crippen LogP contribution < -0.4 is 5.32 Å². The van der Waals surface area contributed by atoms with E-state index in [2.05, 4.69) is 39.4 Å². The van der Waals surface area contributed by atoms with Gasteiger partial charge in [0.1, 0.15) is 0 Å². The van der Waals surface area contributed by atoms with Gasteiger partial charge in [0.05, 0.1) is 12.2 Å². The van der Waals surface area contributed by atoms with Crippen LogP contribution in [-0.2, 0) is 11.3 Å². The molecule has 0 saturated carbocycles. The zero-order valence-corrected chi connectivity index (χ0v) is 20.5. The summed E-state index contributed by atoms with van der Waals surface area (Å²) < 4.78 is 5.48. The molecular formula is C28H28N4O2S. The van der Waals surface area contributed by atoms with E-state index in [0.717, 1.165) is 47.0 Å². The molecule has 5 rings (SSSR count). The van der Waals surface area contributed by atoms with Gasteiger partial charge >= 0.3 is 0 Å². The predicted molar refractivity (Wildman–Crippen MR) is 138 cm³/mol. The first-order valence-electron chi connectivity index (χ1n) is 11.9. The van der Waals surface area contributed by atoms with Crippen LogP contribution in [-0.4, -0.2) is 34.0 Å². The Kier molecular flexibility index (Phi) is 7.25. The largest absolute Gasteiger partial charge is 0.338 e. The molecule has 1 aliphatic heterocycles. The van der Waals surface area contributed by atoms with Crippen LogP contribution in [0.3, 0.4) is 0 Å². The number of carbonyl (C=O) groups is 1. The average Bonchev–Trinajstić information content (AvgIpc) is 3.35. The van der Waals surface area contributed by atoms with Crippen molar-refractivity contribution in [3.8, 4) is 11.4 Å². The molecule has 4 aromatic rings. The fraction of sp³-hybridized carbons (Fsp3) is 0.250. The number of nitrogens with one attached hydrogen (secondary N) is 1. The molecule has 1 aliphatic rings. The molecule has 3 aromatic carbocycles. The van der Waals surface area contributed by atoms with E-state index in [-0.39, 0.29) is 11.8 Å². The molecule has 35 heavy (non-hydrogen) atoms. The van der Waals surface area contributed by atoms with Crippen LogP contribution in [0.4, 0.5) is 5.69 Å². The molecule has 7 heteroatoms. The van der Waals surface area contributed by atoms with Gasteiger partial charge in [-0.15, -0.1) is 0 Å². The van der Waals surface area contributed by atoms with Gasteiger partial charge in [0, 0.05) is 21.3 Å². The molecule has 0 atom stereocenters. The van der Waals surface area contributed by atoms with Gasteiger partial charge in [0.15, 0.2) is 0 Å². The van der Waals surface area contributed by atoms with Gasteiger partial charge in [-0.25, -0.2) is 0 Å². The number of likely N-dealkylation sites (tertiary alicyclic amines) is 1. The Morgan fingerprint density at radius 1 is 1.00 bits per heavy atom. The Hall–Kier alpha value is -3.42. The van der Waals surface area contributed by atoms with E-state index in [1.54, 1.807) is 11.8 Å². The minimum absolute atomic E-state index is 0.00756. The fourth-order valence-electron chi connectivity index (χ4n) is 4.19. The minimum atomic E-state index is -0.00756. The third-order valence-corrected chi connectivity index (χ3v) is 7.29. The van der Waals surface area contributed by atoms with Gasteiger partial charge in [0.25, 0.3) is 0 Å². The van der Waals surface area contributed by atoms with Crippen molar-refractivity contribution in [3.05, 3.63) is 90.3 Å². The summed E-state index contributed by atoms with van der Waals surface area (Å²) >= 11 is 1.66. The molecule has 0 unspecified atom stereocenters. The molecule has 0 aliphatic carbocycles. The topological polar surface area (TPSA) is 71.3 Å². The quantitative estimate of drug-likeness (QED) is 0.344. The Morgan fingerprint density at radius 2 is 1.71 bits per heavy atom. The number of aromatic nitrogens is 2. The Morgan fingerprint density at radius 3 is 2.49 bits per heavy atom. The third kappa shape index (κ3) is 5.99. The van der Waals surface area contributed by atoms with Gasteiger partial charge in [-0.3, -0.25) is 9.69 Å². The van der Waals surface area contributed by atoms with Crippen molar-refractivity contribution in [1.82, 2.24) is 15.0 Å². The number of para-hydroxylation sites is 1. The van der Waals surface area contributed by atoms with Crippen molar-refractivity contribution >= 4 is 23.4 Å². The standard InChI is InChI=1S/C28H28N4O2S/c1-20-11-13-21(14-12-20)27-30-26(34-31-27)19-32-17-15-22(16-18-32)28(33)29-24-9-5-6-10-25(24)35-23-7-3-2-4-8-23/h2-14,22H,15-19H2,1H3,(H,29,33). The highest BCUT2D eigenvalue weighted by atomic mass is 32.2. The van der Waals surface area contributed by atoms with Crippen LogP contribution in [0.15, 0.2) is 93.2 Å². The smallest absolute Gasteiger partial charge is 0.241 e. The van der Waals surface area contributed by atoms with E-state index in [4.69, 9.17) is 4.52 Å². The second kappa shape index (κ2) is 10.9. The molecule has 0 spiro atoms. The van der Waals surface area contributed by atoms with E-state index < -0.39 is 0 Å². The first-order chi connectivity index (χ1) is 17.1. The number of amides is 1. The lowest BCUT2D eigenvalue weighted by molar-refractivity contribution is -0.121. The molecule has 2 heterocycles. The van der Waals surface area contributed by atoms with Crippen molar-refractivity contribution < 1.29 is 9.32 Å². The summed E-state index contributed by atoms with van der Waals surface area (Å²) in [5.41, 5.74) is 3.01. The van der Waals surface area contributed by atoms with Gasteiger partial charge in [-0.05, 0) is 57.1 Å². The number of hydrogen-bond acceptors (Lipinski definition) is 6. The lowest BCUT2D eigenvalue weighted by Crippen LogP contribution is -2.37. The monoisotopic (exact) mass is 484 g/mol. The van der Waals surface area contributed by atoms with Crippen molar-refractivity contribution in [1.29, 1.82) is 0 Å². The summed E-state index contributed by atoms with van der Waals surface area (Å²) in [6.07, 6.45) is 1.61. The first kappa shape index (κ1) is 23.3. The third-order valence-electron chi connectivity index (χ3n) is 6.21. The molecule has 0 bridgehead atoms. The van der Waals surface area contributed by atoms with Crippen LogP contribution >= 0.6 is 11.8 Å². The minimum Gasteiger partial charge on any atom is -0.338 e. The maximum Gasteiger partial charge on any atom is 0.241 e. The summed E-state index contributed by atoms with van der Waals surface area (Å²) in [7, 11) is 0. The summed E-state index contributed by atoms with van der Waals surface area (Å²) in [5, 5.41) is 7.30. The van der Waals surface area contributed by atoms with E-state index in [1.165, 1.54) is 5.56 Å². The highest BCUT2D eigenvalue weighted by Gasteiger charge is 2.26. The Labute approximate surface area is 209 Å². The van der Waals surface area contributed by atoms with Crippen molar-refractivity contribution in [2.24, 2.45) is 5.92 Å². The molecule has 0 radical (unpaired) electrons. The maximum absolute atomic E-state index is 13.0. The number of rotatable bonds is 7. The van der Waals surface area contributed by atoms with Gasteiger partial charge in [0.2, 0.25) is 17.6 Å². The van der Waals surface area contributed by atoms with Crippen molar-refractivity contribution in [3.63, 3.8) is 0 Å². The van der Waals surface area contributed by atoms with E-state index >= 15 is 0 Å². The SMILES string of the molecule is Cc1ccc(-c2noc(CN3CCC(C(=O)Nc4ccccc4Sc4ccccc4)CC3)n2)cc1. The highest BCUT2D eigenvalue weighted by Crippen LogP contribution is 2.34. The van der Waals surface area contributed by atoms with Crippen LogP contribution in [0, 0.1) is 12.8 Å². The number of anilines is 1. The number of aryl methyl sites for hydroxylation is 1. The molecular weight excluding hydrogens is 456 g/mol. The zero-order chi connectivity index (χ0) is 24.0. The van der Waals surface area contributed by atoms with Crippen molar-refractivity contribution in [2.45, 2.75) is 36.1 Å². The lowest BCUT2D eigenvalue weighted by atomic mass is 9.96. The van der Waals surface area contributed by atoms with E-state index in [0.29, 0.717) is 18.3 Å². The van der Waals surface area contributed by atoms with Gasteiger partial charge < -0.3 is 9.84 Å². The van der Waals surface area contributed by atoms with Crippen molar-refractivity contribution in [2.75, 3.05) is 18.4 Å². The molecule has 178 valence electrons. The summed E-state index contributed by atoms with van der Waals surface area (Å²) in [5.74, 6) is 1.30. The average molecular weight is 485 g/mol. The highest BCUT2D eigenvalue weighted by molar-refractivity contribution is 7.99. The number of carbonyl (C=O) groups excluding carboxylic acids is 1. The fourth-order valence-corrected chi connectivity index (χ4v) is 5.12. The predicted octanol–water partition coefficient (Wildman–Crippen LogP) is 6.05. The molecule has 1 amide bonds. The first-order valence-corrected chi connectivity index (χ1v) is 12.7. The molecule has 1 fully saturated rings. The molecule has 1 N–H and O–H groups in total. The number of nitrogens with zero attached hydrogens (tertiary/aromatic N) is 3. The van der Waals surface area contributed by atoms with E-state index in [1.807, 2.05) is 66.7 Å². The second-order valence-electron chi connectivity index (χ2n) is 8.83. The second-order valence-corrected chi connectivity index (χ2v) is 9.94. The summed E-state index contributed by atoms with van der Waals surface area (Å²) in [6, 6.07) is 26.3. The number of hydrogen-bond donors (Lipinski definition) is 1. The van der Waals surface area contributed by atoms with E-state index in [9.17, 15) is 4.79 Å². The van der Waals surface area contributed by atoms with Crippen LogP contribution in [0.25, 0.3) is 11.4 Å². The van der Waals surface area contributed by atoms with Crippen LogP contribution in [0.1, 0.15) is 24.3 Å². The summed E-state index contributed by atoms with van der Waals surface area (Å²) in [6.45, 7) is 4.29. The normalized spacial score (nSPS) is 14.7. The van der Waals surface area contributed by atoms with Gasteiger partial charge in [-0.1, -0.05) is 77.1 Å². The van der Waals surface area contributed by atoms with Crippen LogP contribution in [0.5, 0.6) is 0 Å². The summed E-state index contributed by atoms with van der Waals surface area (Å²) in [4.78, 5) is 22.1. The van der Waals surface area contributed by atoms with Crippen LogP contribution in [0.2, 0.25) is 0 Å². The lowest BCUT2D eigenvalue weighted by Gasteiger charge is -2.30. The molecule has 6 nitrogen and oxygen atoms in total. The van der Waals surface area contributed by atoms with Gasteiger partial charge in [-0.2, -0.15) is 4.98 Å².